The SMILES string of the molecule is C=CCNC(=O)Cc1cccc(N(Cc2ccccc2)C(=O)c2ccc(C#N)cc2)c1. The highest BCUT2D eigenvalue weighted by atomic mass is 16.2. The van der Waals surface area contributed by atoms with Crippen LogP contribution in [0.5, 0.6) is 0 Å². The van der Waals surface area contributed by atoms with E-state index in [2.05, 4.69) is 18.0 Å². The smallest absolute Gasteiger partial charge is 0.258 e. The molecule has 0 unspecified atom stereocenters. The Morgan fingerprint density at radius 2 is 1.68 bits per heavy atom. The molecule has 5 nitrogen and oxygen atoms in total. The molecule has 0 atom stereocenters. The molecule has 0 aromatic heterocycles. The fraction of sp³-hybridized carbons (Fsp3) is 0.115. The monoisotopic (exact) mass is 409 g/mol. The Bertz CT molecular complexity index is 1100. The number of carbonyl (C=O) groups excluding carboxylic acids is 2. The Morgan fingerprint density at radius 3 is 2.35 bits per heavy atom. The lowest BCUT2D eigenvalue weighted by atomic mass is 10.1. The Balaban J connectivity index is 1.91. The van der Waals surface area contributed by atoms with E-state index in [-0.39, 0.29) is 18.2 Å². The third kappa shape index (κ3) is 5.91. The van der Waals surface area contributed by atoms with E-state index in [1.165, 1.54) is 0 Å². The fourth-order valence-electron chi connectivity index (χ4n) is 3.16. The maximum Gasteiger partial charge on any atom is 0.258 e. The van der Waals surface area contributed by atoms with Gasteiger partial charge in [0.15, 0.2) is 0 Å². The summed E-state index contributed by atoms with van der Waals surface area (Å²) in [5.74, 6) is -0.285. The van der Waals surface area contributed by atoms with Crippen molar-refractivity contribution in [1.82, 2.24) is 5.32 Å². The largest absolute Gasteiger partial charge is 0.352 e. The van der Waals surface area contributed by atoms with Crippen LogP contribution in [0.3, 0.4) is 0 Å². The number of hydrogen-bond donors (Lipinski definition) is 1. The molecule has 0 fully saturated rings. The van der Waals surface area contributed by atoms with Crippen molar-refractivity contribution in [2.75, 3.05) is 11.4 Å². The van der Waals surface area contributed by atoms with Gasteiger partial charge in [0.25, 0.3) is 5.91 Å². The van der Waals surface area contributed by atoms with Crippen LogP contribution in [-0.4, -0.2) is 18.4 Å². The number of rotatable bonds is 8. The number of amides is 2. The van der Waals surface area contributed by atoms with Gasteiger partial charge in [-0.05, 0) is 47.5 Å². The van der Waals surface area contributed by atoms with Crippen LogP contribution in [0, 0.1) is 11.3 Å². The predicted molar refractivity (Wildman–Crippen MR) is 121 cm³/mol. The highest BCUT2D eigenvalue weighted by Crippen LogP contribution is 2.22. The van der Waals surface area contributed by atoms with Gasteiger partial charge in [0.05, 0.1) is 24.6 Å². The summed E-state index contributed by atoms with van der Waals surface area (Å²) in [5, 5.41) is 11.8. The maximum atomic E-state index is 13.4. The Kier molecular flexibility index (Phi) is 7.34. The first-order valence-corrected chi connectivity index (χ1v) is 9.93. The second-order valence-electron chi connectivity index (χ2n) is 7.01. The lowest BCUT2D eigenvalue weighted by molar-refractivity contribution is -0.120. The molecule has 3 aromatic rings. The van der Waals surface area contributed by atoms with Crippen LogP contribution >= 0.6 is 0 Å². The Hall–Kier alpha value is -4.17. The normalized spacial score (nSPS) is 10.0. The van der Waals surface area contributed by atoms with E-state index >= 15 is 0 Å². The number of hydrogen-bond acceptors (Lipinski definition) is 3. The van der Waals surface area contributed by atoms with Gasteiger partial charge >= 0.3 is 0 Å². The minimum atomic E-state index is -0.179. The molecule has 1 N–H and O–H groups in total. The molecule has 154 valence electrons. The minimum absolute atomic E-state index is 0.106. The van der Waals surface area contributed by atoms with Crippen LogP contribution in [-0.2, 0) is 17.8 Å². The topological polar surface area (TPSA) is 73.2 Å². The highest BCUT2D eigenvalue weighted by molar-refractivity contribution is 6.06. The lowest BCUT2D eigenvalue weighted by Gasteiger charge is -2.24. The molecule has 0 aliphatic heterocycles. The van der Waals surface area contributed by atoms with E-state index < -0.39 is 0 Å². The molecular weight excluding hydrogens is 386 g/mol. The summed E-state index contributed by atoms with van der Waals surface area (Å²) >= 11 is 0. The first kappa shape index (κ1) is 21.5. The van der Waals surface area contributed by atoms with Crippen LogP contribution in [0.4, 0.5) is 5.69 Å². The van der Waals surface area contributed by atoms with Crippen LogP contribution < -0.4 is 10.2 Å². The van der Waals surface area contributed by atoms with Gasteiger partial charge in [0.2, 0.25) is 5.91 Å². The van der Waals surface area contributed by atoms with Crippen LogP contribution in [0.15, 0.2) is 91.5 Å². The van der Waals surface area contributed by atoms with Crippen molar-refractivity contribution in [2.24, 2.45) is 0 Å². The summed E-state index contributed by atoms with van der Waals surface area (Å²) < 4.78 is 0. The van der Waals surface area contributed by atoms with E-state index in [4.69, 9.17) is 5.26 Å². The van der Waals surface area contributed by atoms with Crippen molar-refractivity contribution in [3.05, 3.63) is 114 Å². The lowest BCUT2D eigenvalue weighted by Crippen LogP contribution is -2.30. The van der Waals surface area contributed by atoms with Gasteiger partial charge in [-0.2, -0.15) is 5.26 Å². The first-order chi connectivity index (χ1) is 15.1. The fourth-order valence-corrected chi connectivity index (χ4v) is 3.16. The number of carbonyl (C=O) groups is 2. The minimum Gasteiger partial charge on any atom is -0.352 e. The number of benzene rings is 3. The summed E-state index contributed by atoms with van der Waals surface area (Å²) in [6, 6.07) is 25.8. The number of anilines is 1. The molecular formula is C26H23N3O2. The van der Waals surface area contributed by atoms with Crippen molar-refractivity contribution in [3.8, 4) is 6.07 Å². The summed E-state index contributed by atoms with van der Waals surface area (Å²) in [6.45, 7) is 4.39. The summed E-state index contributed by atoms with van der Waals surface area (Å²) in [7, 11) is 0. The van der Waals surface area contributed by atoms with Gasteiger partial charge < -0.3 is 10.2 Å². The number of nitriles is 1. The van der Waals surface area contributed by atoms with Gasteiger partial charge in [-0.15, -0.1) is 6.58 Å². The molecule has 0 heterocycles. The molecule has 0 aliphatic rings. The maximum absolute atomic E-state index is 13.4. The molecule has 31 heavy (non-hydrogen) atoms. The second kappa shape index (κ2) is 10.6. The van der Waals surface area contributed by atoms with Crippen molar-refractivity contribution in [2.45, 2.75) is 13.0 Å². The summed E-state index contributed by atoms with van der Waals surface area (Å²) in [6.07, 6.45) is 1.85. The molecule has 0 saturated heterocycles. The van der Waals surface area contributed by atoms with Crippen LogP contribution in [0.1, 0.15) is 27.0 Å². The molecule has 5 heteroatoms. The number of nitrogens with zero attached hydrogens (tertiary/aromatic N) is 2. The Labute approximate surface area is 182 Å². The molecule has 3 aromatic carbocycles. The number of nitrogens with one attached hydrogen (secondary N) is 1. The third-order valence-electron chi connectivity index (χ3n) is 4.72. The quantitative estimate of drug-likeness (QED) is 0.565. The molecule has 0 aliphatic carbocycles. The average molecular weight is 409 g/mol. The molecule has 0 bridgehead atoms. The zero-order valence-electron chi connectivity index (χ0n) is 17.1. The van der Waals surface area contributed by atoms with Gasteiger partial charge in [0, 0.05) is 17.8 Å². The van der Waals surface area contributed by atoms with Crippen LogP contribution in [0.25, 0.3) is 0 Å². The van der Waals surface area contributed by atoms with E-state index in [9.17, 15) is 9.59 Å². The van der Waals surface area contributed by atoms with Gasteiger partial charge in [-0.25, -0.2) is 0 Å². The van der Waals surface area contributed by atoms with Crippen LogP contribution in [0.2, 0.25) is 0 Å². The van der Waals surface area contributed by atoms with E-state index in [1.807, 2.05) is 54.6 Å². The van der Waals surface area contributed by atoms with Gasteiger partial charge in [-0.1, -0.05) is 48.5 Å². The van der Waals surface area contributed by atoms with Crippen molar-refractivity contribution < 1.29 is 9.59 Å². The standard InChI is InChI=1S/C26H23N3O2/c1-2-15-28-25(30)17-22-9-6-10-24(16-22)29(19-21-7-4-3-5-8-21)26(31)23-13-11-20(18-27)12-14-23/h2-14,16H,1,15,17,19H2,(H,28,30). The van der Waals surface area contributed by atoms with Gasteiger partial charge in [-0.3, -0.25) is 9.59 Å². The predicted octanol–water partition coefficient (Wildman–Crippen LogP) is 4.25. The van der Waals surface area contributed by atoms with E-state index in [0.29, 0.717) is 29.9 Å². The highest BCUT2D eigenvalue weighted by Gasteiger charge is 2.19. The zero-order valence-corrected chi connectivity index (χ0v) is 17.1. The molecule has 2 amide bonds. The third-order valence-corrected chi connectivity index (χ3v) is 4.72. The van der Waals surface area contributed by atoms with E-state index in [1.54, 1.807) is 35.2 Å². The Morgan fingerprint density at radius 1 is 0.968 bits per heavy atom. The molecule has 0 spiro atoms. The van der Waals surface area contributed by atoms with E-state index in [0.717, 1.165) is 11.1 Å². The molecule has 0 radical (unpaired) electrons. The van der Waals surface area contributed by atoms with Crippen molar-refractivity contribution in [3.63, 3.8) is 0 Å². The van der Waals surface area contributed by atoms with Gasteiger partial charge in [0.1, 0.15) is 0 Å². The molecule has 0 saturated carbocycles. The van der Waals surface area contributed by atoms with Crippen molar-refractivity contribution >= 4 is 17.5 Å². The summed E-state index contributed by atoms with van der Waals surface area (Å²) in [4.78, 5) is 27.2. The van der Waals surface area contributed by atoms with Crippen molar-refractivity contribution in [1.29, 1.82) is 5.26 Å². The second-order valence-corrected chi connectivity index (χ2v) is 7.01. The molecule has 3 rings (SSSR count). The first-order valence-electron chi connectivity index (χ1n) is 9.93. The summed E-state index contributed by atoms with van der Waals surface area (Å²) in [5.41, 5.74) is 3.48. The zero-order chi connectivity index (χ0) is 22.1. The average Bonchev–Trinajstić information content (AvgIpc) is 2.81.